The molecule has 0 bridgehead atoms. The van der Waals surface area contributed by atoms with Crippen molar-refractivity contribution in [3.63, 3.8) is 0 Å². The Bertz CT molecular complexity index is 306. The van der Waals surface area contributed by atoms with Gasteiger partial charge in [0.1, 0.15) is 0 Å². The molecule has 5 nitrogen and oxygen atoms in total. The average Bonchev–Trinajstić information content (AvgIpc) is 2.68. The molecule has 1 saturated heterocycles. The van der Waals surface area contributed by atoms with Crippen molar-refractivity contribution < 1.29 is 4.74 Å². The molecule has 0 radical (unpaired) electrons. The van der Waals surface area contributed by atoms with Gasteiger partial charge in [0.25, 0.3) is 0 Å². The Labute approximate surface area is 89.6 Å². The monoisotopic (exact) mass is 210 g/mol. The van der Waals surface area contributed by atoms with Crippen molar-refractivity contribution in [1.82, 2.24) is 15.2 Å². The highest BCUT2D eigenvalue weighted by molar-refractivity contribution is 5.08. The Morgan fingerprint density at radius 1 is 1.73 bits per heavy atom. The minimum atomic E-state index is 0.137. The molecule has 3 N–H and O–H groups in total. The third-order valence-electron chi connectivity index (χ3n) is 3.02. The highest BCUT2D eigenvalue weighted by Gasteiger charge is 2.26. The molecular weight excluding hydrogens is 192 g/mol. The molecule has 2 heterocycles. The summed E-state index contributed by atoms with van der Waals surface area (Å²) < 4.78 is 7.34. The Balaban J connectivity index is 2.12. The van der Waals surface area contributed by atoms with Crippen molar-refractivity contribution in [2.75, 3.05) is 13.2 Å². The first-order chi connectivity index (χ1) is 7.33. The molecule has 1 aromatic heterocycles. The van der Waals surface area contributed by atoms with Crippen LogP contribution in [0.2, 0.25) is 0 Å². The molecule has 1 aromatic rings. The third-order valence-corrected chi connectivity index (χ3v) is 3.02. The highest BCUT2D eigenvalue weighted by Crippen LogP contribution is 2.27. The topological polar surface area (TPSA) is 65.1 Å². The number of aryl methyl sites for hydroxylation is 1. The normalized spacial score (nSPS) is 24.0. The lowest BCUT2D eigenvalue weighted by atomic mass is 9.92. The summed E-state index contributed by atoms with van der Waals surface area (Å²) in [6.07, 6.45) is 4.06. The smallest absolute Gasteiger partial charge is 0.0679 e. The van der Waals surface area contributed by atoms with Crippen molar-refractivity contribution >= 4 is 0 Å². The summed E-state index contributed by atoms with van der Waals surface area (Å²) in [5.41, 5.74) is 3.99. The van der Waals surface area contributed by atoms with Crippen LogP contribution in [0.5, 0.6) is 0 Å². The highest BCUT2D eigenvalue weighted by atomic mass is 16.5. The van der Waals surface area contributed by atoms with Crippen molar-refractivity contribution in [3.8, 4) is 0 Å². The number of rotatable bonds is 3. The molecule has 0 aliphatic carbocycles. The van der Waals surface area contributed by atoms with Crippen molar-refractivity contribution in [2.24, 2.45) is 18.8 Å². The zero-order valence-corrected chi connectivity index (χ0v) is 9.02. The van der Waals surface area contributed by atoms with E-state index < -0.39 is 0 Å². The number of hydrogen-bond donors (Lipinski definition) is 2. The molecule has 1 aliphatic heterocycles. The lowest BCUT2D eigenvalue weighted by Crippen LogP contribution is -2.38. The van der Waals surface area contributed by atoms with Gasteiger partial charge in [-0.1, -0.05) is 0 Å². The molecule has 0 spiro atoms. The van der Waals surface area contributed by atoms with E-state index in [9.17, 15) is 0 Å². The second kappa shape index (κ2) is 4.74. The van der Waals surface area contributed by atoms with Crippen LogP contribution in [-0.2, 0) is 11.8 Å². The van der Waals surface area contributed by atoms with E-state index in [4.69, 9.17) is 10.6 Å². The molecule has 84 valence electrons. The van der Waals surface area contributed by atoms with Crippen molar-refractivity contribution in [1.29, 1.82) is 0 Å². The van der Waals surface area contributed by atoms with Crippen LogP contribution >= 0.6 is 0 Å². The van der Waals surface area contributed by atoms with Gasteiger partial charge in [-0.2, -0.15) is 5.10 Å². The predicted octanol–water partition coefficient (Wildman–Crippen LogP) is 0.351. The number of nitrogens with one attached hydrogen (secondary N) is 1. The second-order valence-electron chi connectivity index (χ2n) is 4.00. The van der Waals surface area contributed by atoms with Gasteiger partial charge in [0.2, 0.25) is 0 Å². The number of nitrogens with zero attached hydrogens (tertiary/aromatic N) is 2. The molecule has 0 amide bonds. The summed E-state index contributed by atoms with van der Waals surface area (Å²) in [5, 5.41) is 4.16. The first-order valence-electron chi connectivity index (χ1n) is 5.34. The van der Waals surface area contributed by atoms with Gasteiger partial charge in [-0.3, -0.25) is 16.0 Å². The van der Waals surface area contributed by atoms with Crippen LogP contribution < -0.4 is 11.3 Å². The van der Waals surface area contributed by atoms with Gasteiger partial charge in [0.05, 0.1) is 18.3 Å². The fourth-order valence-electron chi connectivity index (χ4n) is 2.18. The molecule has 2 atom stereocenters. The minimum Gasteiger partial charge on any atom is -0.381 e. The van der Waals surface area contributed by atoms with E-state index in [0.717, 1.165) is 31.7 Å². The number of ether oxygens (including phenoxy) is 1. The maximum Gasteiger partial charge on any atom is 0.0679 e. The standard InChI is InChI=1S/C10H18N4O/c1-14-9(4-5-12-14)10(13-11)8-3-2-6-15-7-8/h4-5,8,10,13H,2-3,6-7,11H2,1H3. The first kappa shape index (κ1) is 10.6. The molecule has 2 rings (SSSR count). The molecule has 5 heteroatoms. The summed E-state index contributed by atoms with van der Waals surface area (Å²) in [4.78, 5) is 0. The van der Waals surface area contributed by atoms with E-state index in [1.54, 1.807) is 6.20 Å². The Morgan fingerprint density at radius 3 is 3.13 bits per heavy atom. The predicted molar refractivity (Wildman–Crippen MR) is 56.8 cm³/mol. The van der Waals surface area contributed by atoms with Gasteiger partial charge in [-0.25, -0.2) is 0 Å². The molecule has 0 aromatic carbocycles. The Morgan fingerprint density at radius 2 is 2.60 bits per heavy atom. The summed E-state index contributed by atoms with van der Waals surface area (Å²) in [6, 6.07) is 2.14. The van der Waals surface area contributed by atoms with Crippen LogP contribution in [0.15, 0.2) is 12.3 Å². The third kappa shape index (κ3) is 2.19. The number of hydrogen-bond acceptors (Lipinski definition) is 4. The van der Waals surface area contributed by atoms with Gasteiger partial charge >= 0.3 is 0 Å². The summed E-state index contributed by atoms with van der Waals surface area (Å²) >= 11 is 0. The molecular formula is C10H18N4O. The SMILES string of the molecule is Cn1nccc1C(NN)C1CCCOC1. The van der Waals surface area contributed by atoms with E-state index in [0.29, 0.717) is 5.92 Å². The van der Waals surface area contributed by atoms with Gasteiger partial charge in [0.15, 0.2) is 0 Å². The van der Waals surface area contributed by atoms with Crippen LogP contribution in [-0.4, -0.2) is 23.0 Å². The first-order valence-corrected chi connectivity index (χ1v) is 5.34. The molecule has 0 saturated carbocycles. The quantitative estimate of drug-likeness (QED) is 0.558. The largest absolute Gasteiger partial charge is 0.381 e. The summed E-state index contributed by atoms with van der Waals surface area (Å²) in [5.74, 6) is 6.06. The van der Waals surface area contributed by atoms with E-state index >= 15 is 0 Å². The Hall–Kier alpha value is -0.910. The maximum absolute atomic E-state index is 5.62. The van der Waals surface area contributed by atoms with Gasteiger partial charge in [0, 0.05) is 25.8 Å². The molecule has 2 unspecified atom stereocenters. The van der Waals surface area contributed by atoms with Crippen LogP contribution in [0.1, 0.15) is 24.6 Å². The number of hydrazine groups is 1. The minimum absolute atomic E-state index is 0.137. The number of nitrogens with two attached hydrogens (primary N) is 1. The summed E-state index contributed by atoms with van der Waals surface area (Å²) in [7, 11) is 1.93. The molecule has 1 aliphatic rings. The zero-order valence-electron chi connectivity index (χ0n) is 9.02. The second-order valence-corrected chi connectivity index (χ2v) is 4.00. The van der Waals surface area contributed by atoms with Crippen LogP contribution in [0, 0.1) is 5.92 Å². The van der Waals surface area contributed by atoms with Gasteiger partial charge < -0.3 is 4.74 Å². The van der Waals surface area contributed by atoms with Crippen LogP contribution in [0.25, 0.3) is 0 Å². The lowest BCUT2D eigenvalue weighted by molar-refractivity contribution is 0.0378. The fraction of sp³-hybridized carbons (Fsp3) is 0.700. The van der Waals surface area contributed by atoms with Crippen molar-refractivity contribution in [3.05, 3.63) is 18.0 Å². The summed E-state index contributed by atoms with van der Waals surface area (Å²) in [6.45, 7) is 1.65. The van der Waals surface area contributed by atoms with Crippen LogP contribution in [0.4, 0.5) is 0 Å². The van der Waals surface area contributed by atoms with E-state index in [-0.39, 0.29) is 6.04 Å². The average molecular weight is 210 g/mol. The number of aromatic nitrogens is 2. The maximum atomic E-state index is 5.62. The zero-order chi connectivity index (χ0) is 10.7. The van der Waals surface area contributed by atoms with E-state index in [1.807, 2.05) is 17.8 Å². The van der Waals surface area contributed by atoms with E-state index in [2.05, 4.69) is 10.5 Å². The van der Waals surface area contributed by atoms with Gasteiger partial charge in [-0.05, 0) is 18.9 Å². The molecule has 15 heavy (non-hydrogen) atoms. The Kier molecular flexibility index (Phi) is 3.35. The van der Waals surface area contributed by atoms with Crippen molar-refractivity contribution in [2.45, 2.75) is 18.9 Å². The van der Waals surface area contributed by atoms with Gasteiger partial charge in [-0.15, -0.1) is 0 Å². The fourth-order valence-corrected chi connectivity index (χ4v) is 2.18. The van der Waals surface area contributed by atoms with Crippen LogP contribution in [0.3, 0.4) is 0 Å². The molecule has 1 fully saturated rings. The van der Waals surface area contributed by atoms with E-state index in [1.165, 1.54) is 0 Å². The lowest BCUT2D eigenvalue weighted by Gasteiger charge is -2.29.